The van der Waals surface area contributed by atoms with Gasteiger partial charge in [0.25, 0.3) is 11.7 Å². The molecule has 0 aromatic heterocycles. The molecule has 0 spiro atoms. The zero-order valence-corrected chi connectivity index (χ0v) is 18.3. The van der Waals surface area contributed by atoms with E-state index < -0.39 is 23.5 Å². The minimum absolute atomic E-state index is 0.0210. The second-order valence-corrected chi connectivity index (χ2v) is 7.83. The number of halogens is 1. The van der Waals surface area contributed by atoms with Crippen molar-refractivity contribution in [2.45, 2.75) is 12.5 Å². The summed E-state index contributed by atoms with van der Waals surface area (Å²) < 4.78 is 19.0. The van der Waals surface area contributed by atoms with Crippen molar-refractivity contribution >= 4 is 17.4 Å². The fourth-order valence-electron chi connectivity index (χ4n) is 3.71. The van der Waals surface area contributed by atoms with Crippen LogP contribution < -0.4 is 4.74 Å². The van der Waals surface area contributed by atoms with E-state index in [4.69, 9.17) is 4.74 Å². The van der Waals surface area contributed by atoms with Gasteiger partial charge in [0.1, 0.15) is 23.9 Å². The van der Waals surface area contributed by atoms with Crippen molar-refractivity contribution in [3.05, 3.63) is 83.7 Å². The van der Waals surface area contributed by atoms with Crippen molar-refractivity contribution in [3.63, 3.8) is 0 Å². The van der Waals surface area contributed by atoms with Gasteiger partial charge in [-0.2, -0.15) is 0 Å². The molecule has 2 aromatic carbocycles. The number of carbonyl (C=O) groups is 2. The quantitative estimate of drug-likeness (QED) is 0.279. The van der Waals surface area contributed by atoms with Gasteiger partial charge in [-0.1, -0.05) is 24.8 Å². The minimum atomic E-state index is -0.783. The van der Waals surface area contributed by atoms with Crippen LogP contribution in [0.2, 0.25) is 0 Å². The van der Waals surface area contributed by atoms with Gasteiger partial charge in [-0.25, -0.2) is 4.39 Å². The van der Waals surface area contributed by atoms with Crippen LogP contribution in [0.4, 0.5) is 4.39 Å². The summed E-state index contributed by atoms with van der Waals surface area (Å²) in [6.45, 7) is 5.02. The number of ether oxygens (including phenoxy) is 1. The van der Waals surface area contributed by atoms with Crippen molar-refractivity contribution in [1.82, 2.24) is 9.80 Å². The van der Waals surface area contributed by atoms with Gasteiger partial charge in [-0.05, 0) is 69.0 Å². The maximum Gasteiger partial charge on any atom is 0.295 e. The lowest BCUT2D eigenvalue weighted by Crippen LogP contribution is -2.32. The summed E-state index contributed by atoms with van der Waals surface area (Å²) >= 11 is 0. The molecule has 1 saturated heterocycles. The van der Waals surface area contributed by atoms with E-state index in [1.54, 1.807) is 30.3 Å². The van der Waals surface area contributed by atoms with Crippen LogP contribution >= 0.6 is 0 Å². The molecule has 3 rings (SSSR count). The highest BCUT2D eigenvalue weighted by Crippen LogP contribution is 2.40. The number of rotatable bonds is 9. The van der Waals surface area contributed by atoms with E-state index in [1.165, 1.54) is 29.2 Å². The molecule has 168 valence electrons. The summed E-state index contributed by atoms with van der Waals surface area (Å²) in [4.78, 5) is 29.4. The first-order chi connectivity index (χ1) is 15.3. The first kappa shape index (κ1) is 23.2. The maximum atomic E-state index is 13.4. The van der Waals surface area contributed by atoms with Gasteiger partial charge in [0.05, 0.1) is 11.6 Å². The smallest absolute Gasteiger partial charge is 0.295 e. The van der Waals surface area contributed by atoms with Gasteiger partial charge in [0.2, 0.25) is 0 Å². The van der Waals surface area contributed by atoms with Crippen molar-refractivity contribution < 1.29 is 23.8 Å². The van der Waals surface area contributed by atoms with Crippen molar-refractivity contribution in [2.75, 3.05) is 33.8 Å². The average Bonchev–Trinajstić information content (AvgIpc) is 3.02. The Bertz CT molecular complexity index is 1030. The van der Waals surface area contributed by atoms with Crippen LogP contribution in [-0.4, -0.2) is 60.4 Å². The molecule has 1 N–H and O–H groups in total. The fourth-order valence-corrected chi connectivity index (χ4v) is 3.71. The van der Waals surface area contributed by atoms with Crippen LogP contribution in [-0.2, 0) is 9.59 Å². The molecule has 32 heavy (non-hydrogen) atoms. The van der Waals surface area contributed by atoms with Gasteiger partial charge in [0.15, 0.2) is 0 Å². The Morgan fingerprint density at radius 2 is 1.94 bits per heavy atom. The zero-order valence-electron chi connectivity index (χ0n) is 18.3. The molecule has 1 amide bonds. The SMILES string of the molecule is C=CCOc1cccc([C@H]2/C(=C(\O)c3ccc(F)cc3)C(=O)C(=O)N2CCCN(C)C)c1. The predicted molar refractivity (Wildman–Crippen MR) is 121 cm³/mol. The standard InChI is InChI=1S/C25H27FN2O4/c1-4-15-32-20-8-5-7-18(16-20)22-21(23(29)17-9-11-19(26)12-10-17)24(30)25(31)28(22)14-6-13-27(2)3/h4-5,7-12,16,22,29H,1,6,13-15H2,2-3H3/b23-21+/t22-/m0/s1. The number of nitrogens with zero attached hydrogens (tertiary/aromatic N) is 2. The van der Waals surface area contributed by atoms with Crippen LogP contribution in [0.25, 0.3) is 5.76 Å². The molecule has 0 aliphatic carbocycles. The largest absolute Gasteiger partial charge is 0.507 e. The summed E-state index contributed by atoms with van der Waals surface area (Å²) in [5.41, 5.74) is 0.883. The van der Waals surface area contributed by atoms with Gasteiger partial charge in [-0.15, -0.1) is 0 Å². The van der Waals surface area contributed by atoms with E-state index in [-0.39, 0.29) is 16.9 Å². The van der Waals surface area contributed by atoms with Crippen molar-refractivity contribution in [2.24, 2.45) is 0 Å². The van der Waals surface area contributed by atoms with E-state index in [9.17, 15) is 19.1 Å². The molecular weight excluding hydrogens is 411 g/mol. The Labute approximate surface area is 187 Å². The predicted octanol–water partition coefficient (Wildman–Crippen LogP) is 3.76. The summed E-state index contributed by atoms with van der Waals surface area (Å²) in [7, 11) is 3.86. The number of Topliss-reactive ketones (excluding diaryl/α,β-unsaturated/α-hetero) is 1. The highest BCUT2D eigenvalue weighted by Gasteiger charge is 2.45. The van der Waals surface area contributed by atoms with Gasteiger partial charge >= 0.3 is 0 Å². The second kappa shape index (κ2) is 10.2. The molecule has 7 heteroatoms. The lowest BCUT2D eigenvalue weighted by atomic mass is 9.95. The number of benzene rings is 2. The van der Waals surface area contributed by atoms with E-state index in [0.29, 0.717) is 30.9 Å². The first-order valence-electron chi connectivity index (χ1n) is 10.4. The van der Waals surface area contributed by atoms with Crippen LogP contribution in [0.15, 0.2) is 66.8 Å². The molecule has 1 heterocycles. The lowest BCUT2D eigenvalue weighted by Gasteiger charge is -2.26. The maximum absolute atomic E-state index is 13.4. The monoisotopic (exact) mass is 438 g/mol. The molecule has 0 saturated carbocycles. The normalized spacial score (nSPS) is 17.8. The number of aliphatic hydroxyl groups excluding tert-OH is 1. The number of amides is 1. The first-order valence-corrected chi connectivity index (χ1v) is 10.4. The van der Waals surface area contributed by atoms with E-state index in [1.807, 2.05) is 19.0 Å². The highest BCUT2D eigenvalue weighted by atomic mass is 19.1. The third-order valence-electron chi connectivity index (χ3n) is 5.20. The molecule has 1 aliphatic rings. The highest BCUT2D eigenvalue weighted by molar-refractivity contribution is 6.46. The number of aliphatic hydroxyl groups is 1. The Kier molecular flexibility index (Phi) is 7.43. The molecule has 0 radical (unpaired) electrons. The average molecular weight is 438 g/mol. The van der Waals surface area contributed by atoms with Crippen LogP contribution in [0.3, 0.4) is 0 Å². The molecule has 2 aromatic rings. The van der Waals surface area contributed by atoms with Gasteiger partial charge in [0, 0.05) is 12.1 Å². The number of hydrogen-bond acceptors (Lipinski definition) is 5. The van der Waals surface area contributed by atoms with Crippen LogP contribution in [0, 0.1) is 5.82 Å². The summed E-state index contributed by atoms with van der Waals surface area (Å²) in [6.07, 6.45) is 2.27. The molecular formula is C25H27FN2O4. The number of hydrogen-bond donors (Lipinski definition) is 1. The Hall–Kier alpha value is -3.45. The van der Waals surface area contributed by atoms with Crippen molar-refractivity contribution in [1.29, 1.82) is 0 Å². The summed E-state index contributed by atoms with van der Waals surface area (Å²) in [6, 6.07) is 11.4. The van der Waals surface area contributed by atoms with E-state index in [0.717, 1.165) is 6.54 Å². The summed E-state index contributed by atoms with van der Waals surface area (Å²) in [5, 5.41) is 11.0. The molecule has 6 nitrogen and oxygen atoms in total. The van der Waals surface area contributed by atoms with Gasteiger partial charge < -0.3 is 19.6 Å². The molecule has 0 unspecified atom stereocenters. The minimum Gasteiger partial charge on any atom is -0.507 e. The second-order valence-electron chi connectivity index (χ2n) is 7.83. The van der Waals surface area contributed by atoms with Crippen LogP contribution in [0.1, 0.15) is 23.6 Å². The number of ketones is 1. The van der Waals surface area contributed by atoms with Crippen LogP contribution in [0.5, 0.6) is 5.75 Å². The topological polar surface area (TPSA) is 70.1 Å². The molecule has 1 fully saturated rings. The van der Waals surface area contributed by atoms with Crippen molar-refractivity contribution in [3.8, 4) is 5.75 Å². The van der Waals surface area contributed by atoms with E-state index >= 15 is 0 Å². The fraction of sp³-hybridized carbons (Fsp3) is 0.280. The van der Waals surface area contributed by atoms with Gasteiger partial charge in [-0.3, -0.25) is 9.59 Å². The number of carbonyl (C=O) groups excluding carboxylic acids is 2. The number of likely N-dealkylation sites (tertiary alicyclic amines) is 1. The summed E-state index contributed by atoms with van der Waals surface area (Å²) in [5.74, 6) is -1.67. The Morgan fingerprint density at radius 3 is 2.59 bits per heavy atom. The lowest BCUT2D eigenvalue weighted by molar-refractivity contribution is -0.139. The molecule has 1 atom stereocenters. The van der Waals surface area contributed by atoms with E-state index in [2.05, 4.69) is 6.58 Å². The third kappa shape index (κ3) is 5.06. The molecule has 1 aliphatic heterocycles. The third-order valence-corrected chi connectivity index (χ3v) is 5.20. The Balaban J connectivity index is 2.08. The Morgan fingerprint density at radius 1 is 1.22 bits per heavy atom. The molecule has 0 bridgehead atoms. The zero-order chi connectivity index (χ0) is 23.3.